The van der Waals surface area contributed by atoms with E-state index in [0.29, 0.717) is 31.3 Å². The van der Waals surface area contributed by atoms with Crippen LogP contribution in [0.25, 0.3) is 0 Å². The van der Waals surface area contributed by atoms with Crippen LogP contribution in [0.1, 0.15) is 66.7 Å². The summed E-state index contributed by atoms with van der Waals surface area (Å²) in [7, 11) is 1.36. The van der Waals surface area contributed by atoms with Crippen LogP contribution in [-0.2, 0) is 33.4 Å². The van der Waals surface area contributed by atoms with Gasteiger partial charge in [0.25, 0.3) is 0 Å². The lowest BCUT2D eigenvalue weighted by Gasteiger charge is -2.59. The molecule has 0 radical (unpaired) electrons. The Morgan fingerprint density at radius 1 is 1.06 bits per heavy atom. The maximum atomic E-state index is 13.7. The van der Waals surface area contributed by atoms with Gasteiger partial charge in [0.1, 0.15) is 12.2 Å². The summed E-state index contributed by atoms with van der Waals surface area (Å²) >= 11 is 0. The second kappa shape index (κ2) is 8.16. The number of rotatable bonds is 4. The SMILES string of the molecule is C=CC1(C)CCC2=C(C1=O)C(OC(C)=O)CC1C(C)(C(=O)OC)CCC(OC(C)=O)C21C. The minimum Gasteiger partial charge on any atom is -0.469 e. The second-order valence-corrected chi connectivity index (χ2v) is 10.1. The topological polar surface area (TPSA) is 96.0 Å². The number of esters is 3. The normalized spacial score (nSPS) is 38.8. The zero-order chi connectivity index (χ0) is 24.1. The Bertz CT molecular complexity index is 902. The van der Waals surface area contributed by atoms with Crippen molar-refractivity contribution < 1.29 is 33.4 Å². The van der Waals surface area contributed by atoms with Crippen LogP contribution in [0.3, 0.4) is 0 Å². The van der Waals surface area contributed by atoms with E-state index in [1.54, 1.807) is 6.08 Å². The Morgan fingerprint density at radius 2 is 1.69 bits per heavy atom. The first-order chi connectivity index (χ1) is 14.8. The van der Waals surface area contributed by atoms with Crippen molar-refractivity contribution in [2.45, 2.75) is 78.9 Å². The molecule has 176 valence electrons. The number of allylic oxidation sites excluding steroid dienone is 1. The lowest BCUT2D eigenvalue weighted by molar-refractivity contribution is -0.185. The molecule has 1 saturated carbocycles. The molecule has 0 aliphatic heterocycles. The highest BCUT2D eigenvalue weighted by Gasteiger charge is 2.64. The van der Waals surface area contributed by atoms with Crippen LogP contribution < -0.4 is 0 Å². The molecular weight excluding hydrogens is 412 g/mol. The number of carbonyl (C=O) groups excluding carboxylic acids is 4. The monoisotopic (exact) mass is 446 g/mol. The van der Waals surface area contributed by atoms with Crippen molar-refractivity contribution in [3.05, 3.63) is 23.8 Å². The van der Waals surface area contributed by atoms with Gasteiger partial charge >= 0.3 is 17.9 Å². The van der Waals surface area contributed by atoms with Crippen molar-refractivity contribution in [3.63, 3.8) is 0 Å². The fourth-order valence-electron chi connectivity index (χ4n) is 6.37. The third-order valence-electron chi connectivity index (χ3n) is 8.21. The molecule has 3 rings (SSSR count). The van der Waals surface area contributed by atoms with Gasteiger partial charge in [0, 0.05) is 30.3 Å². The predicted molar refractivity (Wildman–Crippen MR) is 116 cm³/mol. The van der Waals surface area contributed by atoms with E-state index < -0.39 is 40.4 Å². The highest BCUT2D eigenvalue weighted by molar-refractivity contribution is 6.04. The van der Waals surface area contributed by atoms with Gasteiger partial charge in [0.15, 0.2) is 5.78 Å². The van der Waals surface area contributed by atoms with Crippen molar-refractivity contribution in [3.8, 4) is 0 Å². The molecular formula is C25H34O7. The summed E-state index contributed by atoms with van der Waals surface area (Å²) in [6.45, 7) is 12.2. The minimum absolute atomic E-state index is 0.119. The van der Waals surface area contributed by atoms with Gasteiger partial charge in [0.05, 0.1) is 12.5 Å². The van der Waals surface area contributed by atoms with Crippen LogP contribution in [0.4, 0.5) is 0 Å². The molecule has 0 saturated heterocycles. The molecule has 32 heavy (non-hydrogen) atoms. The predicted octanol–water partition coefficient (Wildman–Crippen LogP) is 3.70. The van der Waals surface area contributed by atoms with Gasteiger partial charge < -0.3 is 14.2 Å². The van der Waals surface area contributed by atoms with Crippen molar-refractivity contribution in [1.82, 2.24) is 0 Å². The third-order valence-corrected chi connectivity index (χ3v) is 8.21. The number of ether oxygens (including phenoxy) is 3. The summed E-state index contributed by atoms with van der Waals surface area (Å²) < 4.78 is 16.6. The van der Waals surface area contributed by atoms with E-state index in [0.717, 1.165) is 5.57 Å². The standard InChI is InChI=1S/C25H34O7/c1-8-23(4)11-9-16-20(21(23)28)17(31-14(2)26)13-18-24(5,22(29)30-7)12-10-19(25(16,18)6)32-15(3)27/h8,17-19H,1,9-13H2,2-7H3. The molecule has 0 aromatic rings. The smallest absolute Gasteiger partial charge is 0.311 e. The second-order valence-electron chi connectivity index (χ2n) is 10.1. The maximum absolute atomic E-state index is 13.7. The Balaban J connectivity index is 2.28. The summed E-state index contributed by atoms with van der Waals surface area (Å²) in [5.41, 5.74) is -1.11. The lowest BCUT2D eigenvalue weighted by atomic mass is 9.46. The van der Waals surface area contributed by atoms with Gasteiger partial charge in [0.2, 0.25) is 0 Å². The quantitative estimate of drug-likeness (QED) is 0.369. The van der Waals surface area contributed by atoms with Crippen molar-refractivity contribution in [1.29, 1.82) is 0 Å². The molecule has 0 N–H and O–H groups in total. The van der Waals surface area contributed by atoms with E-state index >= 15 is 0 Å². The number of hydrogen-bond donors (Lipinski definition) is 0. The number of methoxy groups -OCH3 is 1. The Morgan fingerprint density at radius 3 is 2.22 bits per heavy atom. The highest BCUT2D eigenvalue weighted by Crippen LogP contribution is 2.63. The molecule has 0 aromatic heterocycles. The van der Waals surface area contributed by atoms with E-state index in [1.807, 2.05) is 20.8 Å². The molecule has 6 unspecified atom stereocenters. The summed E-state index contributed by atoms with van der Waals surface area (Å²) in [6, 6.07) is 0. The van der Waals surface area contributed by atoms with Crippen LogP contribution in [0.5, 0.6) is 0 Å². The van der Waals surface area contributed by atoms with E-state index in [2.05, 4.69) is 6.58 Å². The van der Waals surface area contributed by atoms with E-state index in [4.69, 9.17) is 14.2 Å². The van der Waals surface area contributed by atoms with Crippen LogP contribution >= 0.6 is 0 Å². The van der Waals surface area contributed by atoms with Crippen molar-refractivity contribution in [2.24, 2.45) is 22.2 Å². The number of fused-ring (bicyclic) bond motifs is 2. The van der Waals surface area contributed by atoms with Gasteiger partial charge in [-0.1, -0.05) is 13.0 Å². The zero-order valence-electron chi connectivity index (χ0n) is 19.9. The molecule has 0 amide bonds. The first kappa shape index (κ1) is 24.2. The molecule has 7 heteroatoms. The zero-order valence-corrected chi connectivity index (χ0v) is 19.9. The summed E-state index contributed by atoms with van der Waals surface area (Å²) in [5, 5.41) is 0. The van der Waals surface area contributed by atoms with E-state index in [9.17, 15) is 19.2 Å². The van der Waals surface area contributed by atoms with Gasteiger partial charge in [-0.05, 0) is 57.4 Å². The number of ketones is 1. The number of carbonyl (C=O) groups is 4. The Kier molecular flexibility index (Phi) is 6.17. The molecule has 3 aliphatic carbocycles. The molecule has 7 nitrogen and oxygen atoms in total. The van der Waals surface area contributed by atoms with E-state index in [-0.39, 0.29) is 24.1 Å². The fraction of sp³-hybridized carbons (Fsp3) is 0.680. The van der Waals surface area contributed by atoms with Crippen molar-refractivity contribution >= 4 is 23.7 Å². The summed E-state index contributed by atoms with van der Waals surface area (Å²) in [4.78, 5) is 50.6. The maximum Gasteiger partial charge on any atom is 0.311 e. The number of hydrogen-bond acceptors (Lipinski definition) is 7. The summed E-state index contributed by atoms with van der Waals surface area (Å²) in [6.07, 6.45) is 2.71. The van der Waals surface area contributed by atoms with E-state index in [1.165, 1.54) is 21.0 Å². The van der Waals surface area contributed by atoms with Gasteiger partial charge in [-0.15, -0.1) is 6.58 Å². The molecule has 1 fully saturated rings. The van der Waals surface area contributed by atoms with Gasteiger partial charge in [-0.2, -0.15) is 0 Å². The van der Waals surface area contributed by atoms with Crippen LogP contribution in [0, 0.1) is 22.2 Å². The molecule has 0 spiro atoms. The molecule has 0 aromatic carbocycles. The molecule has 3 aliphatic rings. The average molecular weight is 447 g/mol. The number of Topliss-reactive ketones (excluding diaryl/α,β-unsaturated/α-hetero) is 1. The molecule has 0 heterocycles. The third kappa shape index (κ3) is 3.50. The Labute approximate surface area is 189 Å². The minimum atomic E-state index is -0.876. The lowest BCUT2D eigenvalue weighted by Crippen LogP contribution is -2.61. The van der Waals surface area contributed by atoms with Crippen LogP contribution in [-0.4, -0.2) is 43.0 Å². The molecule has 0 bridgehead atoms. The average Bonchev–Trinajstić information content (AvgIpc) is 2.72. The molecule has 6 atom stereocenters. The van der Waals surface area contributed by atoms with Crippen LogP contribution in [0.15, 0.2) is 23.8 Å². The summed E-state index contributed by atoms with van der Waals surface area (Å²) in [5.74, 6) is -1.70. The van der Waals surface area contributed by atoms with Gasteiger partial charge in [-0.3, -0.25) is 19.2 Å². The Hall–Kier alpha value is -2.44. The highest BCUT2D eigenvalue weighted by atomic mass is 16.5. The van der Waals surface area contributed by atoms with Crippen molar-refractivity contribution in [2.75, 3.05) is 7.11 Å². The fourth-order valence-corrected chi connectivity index (χ4v) is 6.37. The largest absolute Gasteiger partial charge is 0.469 e. The van der Waals surface area contributed by atoms with Gasteiger partial charge in [-0.25, -0.2) is 0 Å². The first-order valence-electron chi connectivity index (χ1n) is 11.2. The first-order valence-corrected chi connectivity index (χ1v) is 11.2. The van der Waals surface area contributed by atoms with Crippen LogP contribution in [0.2, 0.25) is 0 Å².